The van der Waals surface area contributed by atoms with Crippen LogP contribution in [0.4, 0.5) is 4.39 Å². The molecule has 4 aromatic rings. The van der Waals surface area contributed by atoms with Crippen molar-refractivity contribution in [2.75, 3.05) is 0 Å². The van der Waals surface area contributed by atoms with E-state index in [2.05, 4.69) is 4.98 Å². The van der Waals surface area contributed by atoms with Crippen LogP contribution in [0, 0.1) is 5.82 Å². The molecule has 1 aromatic heterocycles. The second-order valence-corrected chi connectivity index (χ2v) is 6.91. The van der Waals surface area contributed by atoms with Crippen LogP contribution in [0.15, 0.2) is 91.0 Å². The molecule has 0 unspecified atom stereocenters. The number of ether oxygens (including phenoxy) is 2. The fourth-order valence-corrected chi connectivity index (χ4v) is 3.10. The average molecular weight is 413 g/mol. The van der Waals surface area contributed by atoms with Gasteiger partial charge in [-0.3, -0.25) is 4.79 Å². The predicted molar refractivity (Wildman–Crippen MR) is 117 cm³/mol. The molecule has 31 heavy (non-hydrogen) atoms. The van der Waals surface area contributed by atoms with E-state index in [1.807, 2.05) is 60.7 Å². The fourth-order valence-electron chi connectivity index (χ4n) is 3.10. The summed E-state index contributed by atoms with van der Waals surface area (Å²) in [6.07, 6.45) is 0.679. The van der Waals surface area contributed by atoms with Crippen LogP contribution >= 0.6 is 0 Å². The maximum atomic E-state index is 14.6. The van der Waals surface area contributed by atoms with Crippen molar-refractivity contribution in [3.05, 3.63) is 114 Å². The summed E-state index contributed by atoms with van der Waals surface area (Å²) < 4.78 is 26.3. The van der Waals surface area contributed by atoms with Crippen molar-refractivity contribution in [3.63, 3.8) is 0 Å². The second-order valence-electron chi connectivity index (χ2n) is 6.91. The summed E-state index contributed by atoms with van der Waals surface area (Å²) in [6, 6.07) is 26.9. The topological polar surface area (TPSA) is 48.4 Å². The van der Waals surface area contributed by atoms with E-state index in [0.717, 1.165) is 11.1 Å². The molecule has 0 radical (unpaired) electrons. The molecule has 1 heterocycles. The van der Waals surface area contributed by atoms with Gasteiger partial charge in [0.05, 0.1) is 0 Å². The number of aldehydes is 1. The summed E-state index contributed by atoms with van der Waals surface area (Å²) in [5.41, 5.74) is 3.02. The first-order valence-corrected chi connectivity index (χ1v) is 9.82. The Morgan fingerprint density at radius 1 is 0.742 bits per heavy atom. The number of benzene rings is 3. The number of halogens is 1. The Morgan fingerprint density at radius 2 is 1.39 bits per heavy atom. The van der Waals surface area contributed by atoms with E-state index in [4.69, 9.17) is 9.47 Å². The third-order valence-electron chi connectivity index (χ3n) is 4.70. The van der Waals surface area contributed by atoms with Crippen molar-refractivity contribution < 1.29 is 18.7 Å². The van der Waals surface area contributed by atoms with Crippen molar-refractivity contribution >= 4 is 6.29 Å². The largest absolute Gasteiger partial charge is 0.473 e. The zero-order chi connectivity index (χ0) is 21.5. The minimum atomic E-state index is -0.463. The molecule has 0 aliphatic rings. The van der Waals surface area contributed by atoms with Gasteiger partial charge in [-0.1, -0.05) is 60.7 Å². The highest BCUT2D eigenvalue weighted by Gasteiger charge is 2.15. The highest BCUT2D eigenvalue weighted by molar-refractivity contribution is 5.80. The van der Waals surface area contributed by atoms with Gasteiger partial charge in [0.25, 0.3) is 0 Å². The summed E-state index contributed by atoms with van der Waals surface area (Å²) >= 11 is 0. The molecule has 0 aliphatic heterocycles. The molecule has 3 aromatic carbocycles. The number of aromatic nitrogens is 1. The number of nitrogens with zero attached hydrogens (tertiary/aromatic N) is 1. The van der Waals surface area contributed by atoms with Crippen molar-refractivity contribution in [2.45, 2.75) is 13.2 Å². The SMILES string of the molecule is O=Cc1ccc(F)c(-c2ccc(OCc3ccccc3)nc2OCc2ccccc2)c1. The zero-order valence-electron chi connectivity index (χ0n) is 16.7. The normalized spacial score (nSPS) is 10.5. The lowest BCUT2D eigenvalue weighted by Gasteiger charge is -2.14. The van der Waals surface area contributed by atoms with Crippen molar-refractivity contribution in [1.82, 2.24) is 4.98 Å². The number of carbonyl (C=O) groups excluding carboxylic acids is 1. The van der Waals surface area contributed by atoms with Crippen LogP contribution in [0.5, 0.6) is 11.8 Å². The number of hydrogen-bond donors (Lipinski definition) is 0. The predicted octanol–water partition coefficient (Wildman–Crippen LogP) is 5.86. The molecular weight excluding hydrogens is 393 g/mol. The van der Waals surface area contributed by atoms with E-state index in [-0.39, 0.29) is 18.1 Å². The summed E-state index contributed by atoms with van der Waals surface area (Å²) in [4.78, 5) is 15.7. The number of pyridine rings is 1. The number of carbonyl (C=O) groups is 1. The first-order valence-electron chi connectivity index (χ1n) is 9.82. The third kappa shape index (κ3) is 5.14. The Kier molecular flexibility index (Phi) is 6.33. The standard InChI is InChI=1S/C26H20FNO3/c27-24-13-11-21(16-29)15-23(24)22-12-14-25(30-17-19-7-3-1-4-8-19)28-26(22)31-18-20-9-5-2-6-10-20/h1-16H,17-18H2. The maximum Gasteiger partial charge on any atom is 0.225 e. The zero-order valence-corrected chi connectivity index (χ0v) is 16.7. The first kappa shape index (κ1) is 20.3. The Bertz CT molecular complexity index is 1160. The quantitative estimate of drug-likeness (QED) is 0.340. The maximum absolute atomic E-state index is 14.6. The van der Waals surface area contributed by atoms with E-state index in [1.54, 1.807) is 12.1 Å². The highest BCUT2D eigenvalue weighted by Crippen LogP contribution is 2.33. The average Bonchev–Trinajstić information content (AvgIpc) is 2.83. The molecule has 0 atom stereocenters. The molecule has 0 saturated heterocycles. The van der Waals surface area contributed by atoms with Gasteiger partial charge in [-0.25, -0.2) is 4.39 Å². The molecule has 4 rings (SSSR count). The van der Waals surface area contributed by atoms with E-state index in [9.17, 15) is 9.18 Å². The molecule has 4 nitrogen and oxygen atoms in total. The van der Waals surface area contributed by atoms with Crippen LogP contribution in [-0.2, 0) is 13.2 Å². The molecule has 154 valence electrons. The molecule has 0 saturated carbocycles. The highest BCUT2D eigenvalue weighted by atomic mass is 19.1. The summed E-state index contributed by atoms with van der Waals surface area (Å²) in [7, 11) is 0. The van der Waals surface area contributed by atoms with Gasteiger partial charge < -0.3 is 9.47 Å². The van der Waals surface area contributed by atoms with Gasteiger partial charge in [-0.05, 0) is 35.4 Å². The number of rotatable bonds is 8. The lowest BCUT2D eigenvalue weighted by molar-refractivity contribution is 0.112. The lowest BCUT2D eigenvalue weighted by Crippen LogP contribution is -2.03. The Labute approximate surface area is 179 Å². The van der Waals surface area contributed by atoms with E-state index in [0.29, 0.717) is 29.9 Å². The lowest BCUT2D eigenvalue weighted by atomic mass is 10.0. The minimum absolute atomic E-state index is 0.233. The Morgan fingerprint density at radius 3 is 2.03 bits per heavy atom. The molecule has 5 heteroatoms. The van der Waals surface area contributed by atoms with Gasteiger partial charge in [0.2, 0.25) is 11.8 Å². The summed E-state index contributed by atoms with van der Waals surface area (Å²) in [5.74, 6) is 0.133. The number of hydrogen-bond acceptors (Lipinski definition) is 4. The molecule has 0 spiro atoms. The smallest absolute Gasteiger partial charge is 0.225 e. The van der Waals surface area contributed by atoms with Crippen molar-refractivity contribution in [1.29, 1.82) is 0 Å². The van der Waals surface area contributed by atoms with E-state index < -0.39 is 5.82 Å². The van der Waals surface area contributed by atoms with Gasteiger partial charge in [0.1, 0.15) is 25.3 Å². The van der Waals surface area contributed by atoms with Crippen molar-refractivity contribution in [2.24, 2.45) is 0 Å². The van der Waals surface area contributed by atoms with Crippen LogP contribution in [-0.4, -0.2) is 11.3 Å². The molecule has 0 N–H and O–H groups in total. The van der Waals surface area contributed by atoms with Crippen LogP contribution in [0.2, 0.25) is 0 Å². The van der Waals surface area contributed by atoms with Crippen molar-refractivity contribution in [3.8, 4) is 22.9 Å². The van der Waals surface area contributed by atoms with Crippen LogP contribution < -0.4 is 9.47 Å². The first-order chi connectivity index (χ1) is 15.2. The Balaban J connectivity index is 1.65. The summed E-state index contributed by atoms with van der Waals surface area (Å²) in [6.45, 7) is 0.609. The van der Waals surface area contributed by atoms with Gasteiger partial charge in [0.15, 0.2) is 0 Å². The summed E-state index contributed by atoms with van der Waals surface area (Å²) in [5, 5.41) is 0. The monoisotopic (exact) mass is 413 g/mol. The van der Waals surface area contributed by atoms with Crippen LogP contribution in [0.25, 0.3) is 11.1 Å². The molecular formula is C26H20FNO3. The molecule has 0 amide bonds. The third-order valence-corrected chi connectivity index (χ3v) is 4.70. The van der Waals surface area contributed by atoms with Gasteiger partial charge in [-0.2, -0.15) is 4.98 Å². The minimum Gasteiger partial charge on any atom is -0.473 e. The molecule has 0 bridgehead atoms. The van der Waals surface area contributed by atoms with Crippen LogP contribution in [0.3, 0.4) is 0 Å². The van der Waals surface area contributed by atoms with E-state index >= 15 is 0 Å². The van der Waals surface area contributed by atoms with Crippen LogP contribution in [0.1, 0.15) is 21.5 Å². The Hall–Kier alpha value is -3.99. The molecule has 0 aliphatic carbocycles. The van der Waals surface area contributed by atoms with Gasteiger partial charge in [0, 0.05) is 22.8 Å². The van der Waals surface area contributed by atoms with Gasteiger partial charge >= 0.3 is 0 Å². The molecule has 0 fully saturated rings. The second kappa shape index (κ2) is 9.67. The van der Waals surface area contributed by atoms with E-state index in [1.165, 1.54) is 18.2 Å². The van der Waals surface area contributed by atoms with Gasteiger partial charge in [-0.15, -0.1) is 0 Å². The fraction of sp³-hybridized carbons (Fsp3) is 0.0769.